The number of Topliss-reactive ketones (excluding diaryl/α,β-unsaturated/α-hetero) is 2. The number of ketones is 2. The van der Waals surface area contributed by atoms with Crippen molar-refractivity contribution in [2.24, 2.45) is 0 Å². The molecule has 5 rings (SSSR count). The number of hydrogen-bond acceptors (Lipinski definition) is 8. The fourth-order valence-corrected chi connectivity index (χ4v) is 5.42. The average molecular weight is 558 g/mol. The lowest BCUT2D eigenvalue weighted by atomic mass is 9.71. The van der Waals surface area contributed by atoms with Gasteiger partial charge in [-0.25, -0.2) is 0 Å². The molecule has 2 aliphatic rings. The molecule has 3 N–H and O–H groups in total. The number of hydrogen-bond donors (Lipinski definition) is 3. The highest BCUT2D eigenvalue weighted by atomic mass is 16.5. The zero-order valence-corrected chi connectivity index (χ0v) is 23.3. The number of methoxy groups -OCH3 is 1. The molecule has 1 amide bonds. The van der Waals surface area contributed by atoms with Crippen LogP contribution in [0.25, 0.3) is 10.8 Å². The van der Waals surface area contributed by atoms with Crippen molar-refractivity contribution in [3.63, 3.8) is 0 Å². The Morgan fingerprint density at radius 3 is 2.49 bits per heavy atom. The molecule has 41 heavy (non-hydrogen) atoms. The summed E-state index contributed by atoms with van der Waals surface area (Å²) in [7, 11) is 1.35. The number of carbonyl (C=O) groups is 3. The monoisotopic (exact) mass is 557 g/mol. The van der Waals surface area contributed by atoms with Gasteiger partial charge < -0.3 is 29.7 Å². The lowest BCUT2D eigenvalue weighted by Gasteiger charge is -2.27. The van der Waals surface area contributed by atoms with E-state index in [4.69, 9.17) is 14.2 Å². The smallest absolute Gasteiger partial charge is 0.259 e. The van der Waals surface area contributed by atoms with Crippen LogP contribution in [0.2, 0.25) is 0 Å². The fraction of sp³-hybridized carbons (Fsp3) is 0.281. The van der Waals surface area contributed by atoms with Crippen molar-refractivity contribution in [2.45, 2.75) is 45.6 Å². The molecule has 1 heterocycles. The largest absolute Gasteiger partial charge is 0.507 e. The van der Waals surface area contributed by atoms with Gasteiger partial charge in [0.2, 0.25) is 0 Å². The second-order valence-corrected chi connectivity index (χ2v) is 10.2. The van der Waals surface area contributed by atoms with Crippen LogP contribution in [-0.2, 0) is 21.5 Å². The number of unbranched alkanes of at least 4 members (excludes halogenated alkanes) is 1. The molecular weight excluding hydrogens is 526 g/mol. The number of allylic oxidation sites excluding steroid dienone is 3. The van der Waals surface area contributed by atoms with E-state index in [9.17, 15) is 24.6 Å². The third-order valence-electron chi connectivity index (χ3n) is 7.60. The highest BCUT2D eigenvalue weighted by molar-refractivity contribution is 6.25. The second-order valence-electron chi connectivity index (χ2n) is 10.2. The second kappa shape index (κ2) is 10.6. The van der Waals surface area contributed by atoms with Gasteiger partial charge in [-0.3, -0.25) is 14.4 Å². The molecule has 212 valence electrons. The summed E-state index contributed by atoms with van der Waals surface area (Å²) in [5, 5.41) is 26.1. The minimum atomic E-state index is -1.63. The summed E-state index contributed by atoms with van der Waals surface area (Å²) in [6, 6.07) is 12.8. The molecule has 0 unspecified atom stereocenters. The van der Waals surface area contributed by atoms with Crippen LogP contribution in [-0.4, -0.2) is 41.4 Å². The first kappa shape index (κ1) is 27.8. The first-order chi connectivity index (χ1) is 19.6. The van der Waals surface area contributed by atoms with Gasteiger partial charge in [0, 0.05) is 24.1 Å². The Kier molecular flexibility index (Phi) is 7.21. The Bertz CT molecular complexity index is 1670. The Hall–Kier alpha value is -4.79. The first-order valence-corrected chi connectivity index (χ1v) is 13.4. The fourth-order valence-electron chi connectivity index (χ4n) is 5.42. The van der Waals surface area contributed by atoms with Crippen molar-refractivity contribution >= 4 is 28.2 Å². The zero-order valence-electron chi connectivity index (χ0n) is 23.3. The van der Waals surface area contributed by atoms with Crippen molar-refractivity contribution < 1.29 is 38.8 Å². The molecule has 9 nitrogen and oxygen atoms in total. The van der Waals surface area contributed by atoms with Crippen molar-refractivity contribution in [2.75, 3.05) is 13.7 Å². The maximum atomic E-state index is 13.7. The Morgan fingerprint density at radius 1 is 1.07 bits per heavy atom. The van der Waals surface area contributed by atoms with Gasteiger partial charge in [-0.1, -0.05) is 43.7 Å². The van der Waals surface area contributed by atoms with Crippen LogP contribution in [0, 0.1) is 0 Å². The molecule has 1 aliphatic heterocycles. The summed E-state index contributed by atoms with van der Waals surface area (Å²) in [6.07, 6.45) is 3.14. The van der Waals surface area contributed by atoms with E-state index in [2.05, 4.69) is 12.2 Å². The topological polar surface area (TPSA) is 131 Å². The number of amides is 1. The highest BCUT2D eigenvalue weighted by Crippen LogP contribution is 2.56. The summed E-state index contributed by atoms with van der Waals surface area (Å²) in [5.74, 6) is -2.10. The van der Waals surface area contributed by atoms with Crippen LogP contribution >= 0.6 is 0 Å². The van der Waals surface area contributed by atoms with Crippen LogP contribution in [0.5, 0.6) is 23.0 Å². The molecule has 0 fully saturated rings. The molecule has 9 heteroatoms. The number of aliphatic hydroxyl groups is 1. The third kappa shape index (κ3) is 4.47. The number of ether oxygens (including phenoxy) is 3. The highest BCUT2D eigenvalue weighted by Gasteiger charge is 2.55. The van der Waals surface area contributed by atoms with E-state index in [1.54, 1.807) is 0 Å². The minimum absolute atomic E-state index is 0.0118. The molecule has 0 radical (unpaired) electrons. The van der Waals surface area contributed by atoms with Crippen molar-refractivity contribution in [1.82, 2.24) is 5.32 Å². The predicted molar refractivity (Wildman–Crippen MR) is 152 cm³/mol. The molecular formula is C32H31NO8. The summed E-state index contributed by atoms with van der Waals surface area (Å²) in [5.41, 5.74) is -1.19. The number of aliphatic hydroxyl groups excluding tert-OH is 1. The third-order valence-corrected chi connectivity index (χ3v) is 7.60. The van der Waals surface area contributed by atoms with E-state index in [-0.39, 0.29) is 40.7 Å². The molecule has 1 atom stereocenters. The Balaban J connectivity index is 1.50. The summed E-state index contributed by atoms with van der Waals surface area (Å²) < 4.78 is 17.4. The average Bonchev–Trinajstić information content (AvgIpc) is 3.25. The molecule has 3 aromatic carbocycles. The summed E-state index contributed by atoms with van der Waals surface area (Å²) >= 11 is 0. The van der Waals surface area contributed by atoms with E-state index in [0.717, 1.165) is 34.9 Å². The molecule has 0 aromatic heterocycles. The van der Waals surface area contributed by atoms with Crippen molar-refractivity contribution in [1.29, 1.82) is 0 Å². The SMILES string of the molecule is CCCCOc1ccc(CNC(=O)c2c(OC)cc(O)c3c2OC2=CC(O)=C(C(C)=O)C(=O)[C@]23C)c2ccccc12. The number of nitrogens with one attached hydrogen (secondary N) is 1. The number of benzene rings is 3. The predicted octanol–water partition coefficient (Wildman–Crippen LogP) is 5.18. The van der Waals surface area contributed by atoms with Gasteiger partial charge in [-0.05, 0) is 37.3 Å². The molecule has 0 saturated carbocycles. The van der Waals surface area contributed by atoms with E-state index < -0.39 is 34.2 Å². The maximum absolute atomic E-state index is 13.7. The van der Waals surface area contributed by atoms with Gasteiger partial charge >= 0.3 is 0 Å². The molecule has 3 aromatic rings. The van der Waals surface area contributed by atoms with Crippen molar-refractivity contribution in [3.05, 3.63) is 82.3 Å². The lowest BCUT2D eigenvalue weighted by Crippen LogP contribution is -2.38. The van der Waals surface area contributed by atoms with Gasteiger partial charge in [0.05, 0.1) is 19.3 Å². The van der Waals surface area contributed by atoms with Crippen LogP contribution in [0.3, 0.4) is 0 Å². The van der Waals surface area contributed by atoms with Gasteiger partial charge in [0.25, 0.3) is 5.91 Å². The number of phenolic OH excluding ortho intramolecular Hbond substituents is 1. The van der Waals surface area contributed by atoms with Gasteiger partial charge in [0.15, 0.2) is 17.3 Å². The normalized spacial score (nSPS) is 17.5. The van der Waals surface area contributed by atoms with Crippen LogP contribution in [0.1, 0.15) is 55.1 Å². The number of rotatable bonds is 9. The van der Waals surface area contributed by atoms with E-state index in [1.165, 1.54) is 33.1 Å². The lowest BCUT2D eigenvalue weighted by molar-refractivity contribution is -0.123. The quantitative estimate of drug-likeness (QED) is 0.242. The van der Waals surface area contributed by atoms with Crippen molar-refractivity contribution in [3.8, 4) is 23.0 Å². The number of phenols is 1. The molecule has 1 aliphatic carbocycles. The van der Waals surface area contributed by atoms with Crippen LogP contribution < -0.4 is 19.5 Å². The van der Waals surface area contributed by atoms with Crippen LogP contribution in [0.4, 0.5) is 0 Å². The Labute approximate surface area is 237 Å². The van der Waals surface area contributed by atoms with Gasteiger partial charge in [-0.15, -0.1) is 0 Å². The molecule has 0 spiro atoms. The number of fused-ring (bicyclic) bond motifs is 4. The summed E-state index contributed by atoms with van der Waals surface area (Å²) in [4.78, 5) is 39.3. The standard InChI is InChI=1S/C32H31NO8/c1-5-6-13-40-23-12-11-18(19-9-7-8-10-20(19)23)16-33-31(38)27-24(39-4)14-22(36)28-29(27)41-25-15-21(35)26(17(2)34)30(37)32(25,28)3/h7-12,14-15,35-36H,5-6,13,16H2,1-4H3,(H,33,38)/t32-/m1/s1. The molecule has 0 bridgehead atoms. The van der Waals surface area contributed by atoms with Crippen LogP contribution in [0.15, 0.2) is 65.6 Å². The number of aromatic hydroxyl groups is 1. The van der Waals surface area contributed by atoms with Gasteiger partial charge in [-0.2, -0.15) is 0 Å². The van der Waals surface area contributed by atoms with E-state index in [1.807, 2.05) is 36.4 Å². The zero-order chi connectivity index (χ0) is 29.5. The van der Waals surface area contributed by atoms with E-state index in [0.29, 0.717) is 6.61 Å². The molecule has 0 saturated heterocycles. The summed E-state index contributed by atoms with van der Waals surface area (Å²) in [6.45, 7) is 5.52. The first-order valence-electron chi connectivity index (χ1n) is 13.4. The Morgan fingerprint density at radius 2 is 1.80 bits per heavy atom. The van der Waals surface area contributed by atoms with Gasteiger partial charge in [0.1, 0.15) is 45.3 Å². The number of carbonyl (C=O) groups excluding carboxylic acids is 3. The minimum Gasteiger partial charge on any atom is -0.507 e. The maximum Gasteiger partial charge on any atom is 0.259 e. The van der Waals surface area contributed by atoms with E-state index >= 15 is 0 Å².